The second kappa shape index (κ2) is 8.54. The van der Waals surface area contributed by atoms with Gasteiger partial charge in [-0.1, -0.05) is 0 Å². The van der Waals surface area contributed by atoms with Gasteiger partial charge < -0.3 is 10.3 Å². The van der Waals surface area contributed by atoms with Gasteiger partial charge in [0.25, 0.3) is 10.1 Å². The lowest BCUT2D eigenvalue weighted by atomic mass is 10.2. The molecule has 0 spiro atoms. The van der Waals surface area contributed by atoms with Crippen LogP contribution in [0.1, 0.15) is 19.3 Å². The summed E-state index contributed by atoms with van der Waals surface area (Å²) in [5.41, 5.74) is 0. The second-order valence-electron chi connectivity index (χ2n) is 3.97. The number of hydrogen-bond donors (Lipinski definition) is 2. The number of carbonyl (C=O) groups is 2. The topological polar surface area (TPSA) is 116 Å². The fraction of sp³-hybridized carbons (Fsp3) is 0.545. The summed E-state index contributed by atoms with van der Waals surface area (Å²) in [6.07, 6.45) is 4.57. The van der Waals surface area contributed by atoms with E-state index in [1.165, 1.54) is 4.90 Å². The summed E-state index contributed by atoms with van der Waals surface area (Å²) >= 11 is 0. The lowest BCUT2D eigenvalue weighted by Gasteiger charge is -2.15. The normalized spacial score (nSPS) is 13.2. The van der Waals surface area contributed by atoms with Gasteiger partial charge in [0.05, 0.1) is 0 Å². The minimum atomic E-state index is -4.22. The number of nitrogens with zero attached hydrogens (tertiary/aromatic N) is 1. The molecule has 0 aliphatic rings. The van der Waals surface area contributed by atoms with Crippen LogP contribution in [-0.2, 0) is 19.7 Å². The molecule has 0 aromatic carbocycles. The van der Waals surface area contributed by atoms with Crippen LogP contribution in [0.3, 0.4) is 0 Å². The van der Waals surface area contributed by atoms with Gasteiger partial charge in [0, 0.05) is 25.9 Å². The maximum absolute atomic E-state index is 11.4. The molecular weight excluding hydrogens is 272 g/mol. The molecule has 19 heavy (non-hydrogen) atoms. The molecule has 7 nitrogen and oxygen atoms in total. The smallest absolute Gasteiger partial charge is 0.272 e. The third-order valence-electron chi connectivity index (χ3n) is 2.49. The van der Waals surface area contributed by atoms with Crippen LogP contribution in [0.15, 0.2) is 12.2 Å². The summed E-state index contributed by atoms with van der Waals surface area (Å²) in [6, 6.07) is 0. The lowest BCUT2D eigenvalue weighted by molar-refractivity contribution is -0.125. The van der Waals surface area contributed by atoms with Crippen LogP contribution >= 0.6 is 0 Å². The Morgan fingerprint density at radius 2 is 2.05 bits per heavy atom. The number of allylic oxidation sites excluding steroid dienone is 1. The van der Waals surface area contributed by atoms with E-state index < -0.39 is 15.4 Å². The molecule has 0 heterocycles. The average molecular weight is 290 g/mol. The van der Waals surface area contributed by atoms with Crippen molar-refractivity contribution < 1.29 is 22.6 Å². The number of unbranched alkanes of at least 4 members (excludes halogenated alkanes) is 1. The van der Waals surface area contributed by atoms with E-state index >= 15 is 0 Å². The molecule has 1 unspecified atom stereocenters. The summed E-state index contributed by atoms with van der Waals surface area (Å²) in [6.45, 7) is 0.401. The highest BCUT2D eigenvalue weighted by atomic mass is 32.2. The Morgan fingerprint density at radius 3 is 2.53 bits per heavy atom. The van der Waals surface area contributed by atoms with Crippen LogP contribution in [0.5, 0.6) is 0 Å². The molecule has 108 valence electrons. The van der Waals surface area contributed by atoms with Gasteiger partial charge in [-0.15, -0.1) is 0 Å². The average Bonchev–Trinajstić information content (AvgIpc) is 2.33. The van der Waals surface area contributed by atoms with Crippen molar-refractivity contribution in [2.75, 3.05) is 13.6 Å². The van der Waals surface area contributed by atoms with Gasteiger partial charge in [-0.05, 0) is 25.3 Å². The lowest BCUT2D eigenvalue weighted by Crippen LogP contribution is -2.26. The number of carbonyl (C=O) groups excluding carboxylic acids is 2. The molecule has 1 amide bonds. The van der Waals surface area contributed by atoms with Crippen molar-refractivity contribution in [3.63, 3.8) is 0 Å². The largest absolute Gasteiger partial charge is 0.342 e. The molecule has 1 atom stereocenters. The molecule has 0 rings (SSSR count). The molecule has 0 bridgehead atoms. The fourth-order valence-electron chi connectivity index (χ4n) is 1.37. The van der Waals surface area contributed by atoms with E-state index in [0.29, 0.717) is 31.9 Å². The highest BCUT2D eigenvalue weighted by molar-refractivity contribution is 7.87. The highest BCUT2D eigenvalue weighted by Gasteiger charge is 2.19. The van der Waals surface area contributed by atoms with Gasteiger partial charge in [0.1, 0.15) is 11.5 Å². The number of hydrogen-bond acceptors (Lipinski definition) is 5. The molecule has 0 aliphatic carbocycles. The zero-order chi connectivity index (χ0) is 14.9. The summed E-state index contributed by atoms with van der Waals surface area (Å²) in [5, 5.41) is 5.72. The second-order valence-corrected chi connectivity index (χ2v) is 5.61. The van der Waals surface area contributed by atoms with Crippen molar-refractivity contribution >= 4 is 28.5 Å². The Bertz CT molecular complexity index is 444. The van der Waals surface area contributed by atoms with Crippen molar-refractivity contribution in [3.8, 4) is 0 Å². The monoisotopic (exact) mass is 290 g/mol. The Hall–Kier alpha value is -1.54. The van der Waals surface area contributed by atoms with Gasteiger partial charge in [-0.25, -0.2) is 0 Å². The Balaban J connectivity index is 4.04. The van der Waals surface area contributed by atoms with Crippen molar-refractivity contribution in [3.05, 3.63) is 12.2 Å². The summed E-state index contributed by atoms with van der Waals surface area (Å²) in [4.78, 5) is 22.8. The van der Waals surface area contributed by atoms with Crippen LogP contribution < -0.4 is 0 Å². The Kier molecular flexibility index (Phi) is 7.85. The van der Waals surface area contributed by atoms with Gasteiger partial charge in [-0.3, -0.25) is 14.1 Å². The Labute approximate surface area is 112 Å². The molecule has 0 radical (unpaired) electrons. The molecule has 8 heteroatoms. The predicted octanol–water partition coefficient (Wildman–Crippen LogP) is 0.276. The maximum atomic E-state index is 11.4. The van der Waals surface area contributed by atoms with Gasteiger partial charge in [0.2, 0.25) is 5.91 Å². The van der Waals surface area contributed by atoms with E-state index in [9.17, 15) is 18.0 Å². The van der Waals surface area contributed by atoms with Crippen molar-refractivity contribution in [1.29, 1.82) is 5.41 Å². The predicted molar refractivity (Wildman–Crippen MR) is 70.8 cm³/mol. The van der Waals surface area contributed by atoms with Crippen LogP contribution in [-0.4, -0.2) is 55.1 Å². The number of likely N-dealkylation sites (N-methyl/N-ethyl adjacent to an activating group) is 1. The minimum Gasteiger partial charge on any atom is -0.342 e. The van der Waals surface area contributed by atoms with Crippen molar-refractivity contribution in [1.82, 2.24) is 4.90 Å². The summed E-state index contributed by atoms with van der Waals surface area (Å²) < 4.78 is 30.4. The molecular formula is C11H18N2O5S. The van der Waals surface area contributed by atoms with E-state index in [0.717, 1.165) is 12.2 Å². The molecule has 0 saturated carbocycles. The summed E-state index contributed by atoms with van der Waals surface area (Å²) in [5.74, 6) is -0.314. The maximum Gasteiger partial charge on any atom is 0.272 e. The molecule has 2 N–H and O–H groups in total. The fourth-order valence-corrected chi connectivity index (χ4v) is 2.01. The summed E-state index contributed by atoms with van der Waals surface area (Å²) in [7, 11) is -2.65. The van der Waals surface area contributed by atoms with Crippen molar-refractivity contribution in [2.24, 2.45) is 0 Å². The van der Waals surface area contributed by atoms with Crippen LogP contribution in [0.4, 0.5) is 0 Å². The molecule has 0 fully saturated rings. The van der Waals surface area contributed by atoms with E-state index in [-0.39, 0.29) is 12.3 Å². The first-order chi connectivity index (χ1) is 8.82. The molecule has 0 saturated heterocycles. The zero-order valence-corrected chi connectivity index (χ0v) is 11.5. The SMILES string of the molecule is CN(CCCCC(C=N)S(=O)(=O)O)C(=O)/C=C\C=O. The van der Waals surface area contributed by atoms with E-state index in [1.807, 2.05) is 0 Å². The molecule has 0 aromatic rings. The minimum absolute atomic E-state index is 0.133. The number of aldehydes is 1. The highest BCUT2D eigenvalue weighted by Crippen LogP contribution is 2.07. The van der Waals surface area contributed by atoms with Gasteiger partial charge >= 0.3 is 0 Å². The number of amides is 1. The first-order valence-corrected chi connectivity index (χ1v) is 7.17. The van der Waals surface area contributed by atoms with Crippen molar-refractivity contribution in [2.45, 2.75) is 24.5 Å². The van der Waals surface area contributed by atoms with E-state index in [4.69, 9.17) is 9.96 Å². The standard InChI is InChI=1S/C11H18N2O5S/c1-13(11(15)6-4-8-14)7-3-2-5-10(9-12)19(16,17)18/h4,6,8-10,12H,2-3,5,7H2,1H3,(H,16,17,18)/b6-4-,12-9?. The number of nitrogens with one attached hydrogen (secondary N) is 1. The first-order valence-electron chi connectivity index (χ1n) is 5.66. The molecule has 0 aliphatic heterocycles. The zero-order valence-electron chi connectivity index (χ0n) is 10.7. The van der Waals surface area contributed by atoms with E-state index in [2.05, 4.69) is 0 Å². The first kappa shape index (κ1) is 17.5. The third-order valence-corrected chi connectivity index (χ3v) is 3.63. The van der Waals surface area contributed by atoms with Crippen LogP contribution in [0.25, 0.3) is 0 Å². The molecule has 0 aromatic heterocycles. The van der Waals surface area contributed by atoms with Gasteiger partial charge in [0.15, 0.2) is 0 Å². The quantitative estimate of drug-likeness (QED) is 0.208. The van der Waals surface area contributed by atoms with Crippen LogP contribution in [0.2, 0.25) is 0 Å². The Morgan fingerprint density at radius 1 is 1.42 bits per heavy atom. The number of rotatable bonds is 9. The van der Waals surface area contributed by atoms with Gasteiger partial charge in [-0.2, -0.15) is 8.42 Å². The van der Waals surface area contributed by atoms with E-state index in [1.54, 1.807) is 7.05 Å². The van der Waals surface area contributed by atoms with Crippen LogP contribution in [0, 0.1) is 5.41 Å². The third kappa shape index (κ3) is 7.47.